The third-order valence-electron chi connectivity index (χ3n) is 3.24. The van der Waals surface area contributed by atoms with Crippen LogP contribution >= 0.6 is 15.9 Å². The Labute approximate surface area is 114 Å². The van der Waals surface area contributed by atoms with Gasteiger partial charge in [0.15, 0.2) is 0 Å². The first-order valence-corrected chi connectivity index (χ1v) is 7.11. The molecule has 2 N–H and O–H groups in total. The maximum absolute atomic E-state index is 12.3. The standard InChI is InChI=1S/C13H16BrNO3/c14-7-9-2-1-5-15(8-9)13(18)11-4-3-10(16)6-12(11)17/h3-4,6,9,16-17H,1-2,5,7-8H2. The number of rotatable bonds is 2. The number of nitrogens with zero attached hydrogens (tertiary/aromatic N) is 1. The smallest absolute Gasteiger partial charge is 0.257 e. The maximum Gasteiger partial charge on any atom is 0.257 e. The fourth-order valence-corrected chi connectivity index (χ4v) is 2.78. The Morgan fingerprint density at radius 3 is 2.89 bits per heavy atom. The molecule has 18 heavy (non-hydrogen) atoms. The highest BCUT2D eigenvalue weighted by Gasteiger charge is 2.25. The van der Waals surface area contributed by atoms with Crippen molar-refractivity contribution in [1.29, 1.82) is 0 Å². The molecule has 0 aromatic heterocycles. The Hall–Kier alpha value is -1.23. The zero-order valence-corrected chi connectivity index (χ0v) is 11.6. The summed E-state index contributed by atoms with van der Waals surface area (Å²) in [5, 5.41) is 19.8. The summed E-state index contributed by atoms with van der Waals surface area (Å²) < 4.78 is 0. The molecule has 2 rings (SSSR count). The van der Waals surface area contributed by atoms with Gasteiger partial charge in [0, 0.05) is 24.5 Å². The van der Waals surface area contributed by atoms with Crippen LogP contribution in [0.3, 0.4) is 0 Å². The molecular formula is C13H16BrNO3. The van der Waals surface area contributed by atoms with E-state index in [-0.39, 0.29) is 23.0 Å². The van der Waals surface area contributed by atoms with E-state index in [4.69, 9.17) is 0 Å². The highest BCUT2D eigenvalue weighted by Crippen LogP contribution is 2.26. The first kappa shape index (κ1) is 13.2. The van der Waals surface area contributed by atoms with Crippen molar-refractivity contribution in [2.24, 2.45) is 5.92 Å². The van der Waals surface area contributed by atoms with Crippen LogP contribution in [0.5, 0.6) is 11.5 Å². The highest BCUT2D eigenvalue weighted by molar-refractivity contribution is 9.09. The van der Waals surface area contributed by atoms with Gasteiger partial charge in [-0.2, -0.15) is 0 Å². The summed E-state index contributed by atoms with van der Waals surface area (Å²) in [6, 6.07) is 4.07. The molecule has 0 saturated carbocycles. The van der Waals surface area contributed by atoms with Gasteiger partial charge in [0.1, 0.15) is 11.5 Å². The lowest BCUT2D eigenvalue weighted by atomic mass is 9.99. The van der Waals surface area contributed by atoms with Crippen LogP contribution in [0.1, 0.15) is 23.2 Å². The van der Waals surface area contributed by atoms with Gasteiger partial charge in [0.05, 0.1) is 5.56 Å². The number of benzene rings is 1. The summed E-state index contributed by atoms with van der Waals surface area (Å²) in [6.07, 6.45) is 2.11. The number of alkyl halides is 1. The Morgan fingerprint density at radius 1 is 1.44 bits per heavy atom. The molecule has 0 bridgehead atoms. The number of likely N-dealkylation sites (tertiary alicyclic amines) is 1. The van der Waals surface area contributed by atoms with E-state index in [1.165, 1.54) is 18.2 Å². The molecule has 5 heteroatoms. The van der Waals surface area contributed by atoms with E-state index in [9.17, 15) is 15.0 Å². The molecule has 1 unspecified atom stereocenters. The second-order valence-electron chi connectivity index (χ2n) is 4.62. The SMILES string of the molecule is O=C(c1ccc(O)cc1O)N1CCCC(CBr)C1. The second-order valence-corrected chi connectivity index (χ2v) is 5.26. The van der Waals surface area contributed by atoms with Crippen LogP contribution in [0.4, 0.5) is 0 Å². The van der Waals surface area contributed by atoms with E-state index in [1.807, 2.05) is 0 Å². The van der Waals surface area contributed by atoms with Gasteiger partial charge in [-0.1, -0.05) is 15.9 Å². The lowest BCUT2D eigenvalue weighted by molar-refractivity contribution is 0.0683. The molecule has 1 aliphatic heterocycles. The summed E-state index contributed by atoms with van der Waals surface area (Å²) in [6.45, 7) is 1.44. The van der Waals surface area contributed by atoms with Gasteiger partial charge in [-0.25, -0.2) is 0 Å². The first-order chi connectivity index (χ1) is 8.61. The highest BCUT2D eigenvalue weighted by atomic mass is 79.9. The number of hydrogen-bond donors (Lipinski definition) is 2. The predicted molar refractivity (Wildman–Crippen MR) is 72.2 cm³/mol. The van der Waals surface area contributed by atoms with Crippen molar-refractivity contribution < 1.29 is 15.0 Å². The van der Waals surface area contributed by atoms with Crippen molar-refractivity contribution in [3.05, 3.63) is 23.8 Å². The first-order valence-electron chi connectivity index (χ1n) is 5.99. The van der Waals surface area contributed by atoms with Crippen LogP contribution in [0.15, 0.2) is 18.2 Å². The van der Waals surface area contributed by atoms with Crippen molar-refractivity contribution in [3.8, 4) is 11.5 Å². The van der Waals surface area contributed by atoms with Crippen LogP contribution in [-0.2, 0) is 0 Å². The van der Waals surface area contributed by atoms with Crippen molar-refractivity contribution in [3.63, 3.8) is 0 Å². The normalized spacial score (nSPS) is 19.8. The summed E-state index contributed by atoms with van der Waals surface area (Å²) in [5.41, 5.74) is 0.253. The van der Waals surface area contributed by atoms with Crippen LogP contribution in [0.2, 0.25) is 0 Å². The third kappa shape index (κ3) is 2.77. The fraction of sp³-hybridized carbons (Fsp3) is 0.462. The van der Waals surface area contributed by atoms with Crippen LogP contribution in [0, 0.1) is 5.92 Å². The van der Waals surface area contributed by atoms with Gasteiger partial charge in [-0.05, 0) is 30.9 Å². The van der Waals surface area contributed by atoms with Crippen LogP contribution in [-0.4, -0.2) is 39.4 Å². The summed E-state index contributed by atoms with van der Waals surface area (Å²) in [7, 11) is 0. The van der Waals surface area contributed by atoms with E-state index in [1.54, 1.807) is 4.90 Å². The quantitative estimate of drug-likeness (QED) is 0.824. The van der Waals surface area contributed by atoms with Crippen molar-refractivity contribution in [2.45, 2.75) is 12.8 Å². The molecule has 1 aliphatic rings. The van der Waals surface area contributed by atoms with Gasteiger partial charge in [-0.3, -0.25) is 4.79 Å². The van der Waals surface area contributed by atoms with Gasteiger partial charge in [-0.15, -0.1) is 0 Å². The number of phenols is 2. The Balaban J connectivity index is 2.15. The fourth-order valence-electron chi connectivity index (χ4n) is 2.25. The molecule has 0 radical (unpaired) electrons. The second kappa shape index (κ2) is 5.61. The van der Waals surface area contributed by atoms with Gasteiger partial charge >= 0.3 is 0 Å². The van der Waals surface area contributed by atoms with Gasteiger partial charge in [0.25, 0.3) is 5.91 Å². The number of hydrogen-bond acceptors (Lipinski definition) is 3. The third-order valence-corrected chi connectivity index (χ3v) is 4.15. The average Bonchev–Trinajstić information content (AvgIpc) is 2.38. The van der Waals surface area contributed by atoms with E-state index in [0.29, 0.717) is 12.5 Å². The lowest BCUT2D eigenvalue weighted by Gasteiger charge is -2.32. The minimum Gasteiger partial charge on any atom is -0.508 e. The molecular weight excluding hydrogens is 298 g/mol. The largest absolute Gasteiger partial charge is 0.508 e. The molecule has 1 saturated heterocycles. The summed E-state index contributed by atoms with van der Waals surface area (Å²) in [4.78, 5) is 14.0. The number of phenolic OH excluding ortho intramolecular Hbond substituents is 2. The maximum atomic E-state index is 12.3. The van der Waals surface area contributed by atoms with E-state index < -0.39 is 0 Å². The lowest BCUT2D eigenvalue weighted by Crippen LogP contribution is -2.40. The number of carbonyl (C=O) groups is 1. The topological polar surface area (TPSA) is 60.8 Å². The molecule has 1 aromatic carbocycles. The van der Waals surface area contributed by atoms with Crippen molar-refractivity contribution in [1.82, 2.24) is 4.90 Å². The summed E-state index contributed by atoms with van der Waals surface area (Å²) in [5.74, 6) is 0.0992. The number of piperidine rings is 1. The molecule has 1 aromatic rings. The predicted octanol–water partition coefficient (Wildman–Crippen LogP) is 2.34. The summed E-state index contributed by atoms with van der Waals surface area (Å²) >= 11 is 3.45. The number of aromatic hydroxyl groups is 2. The van der Waals surface area contributed by atoms with Gasteiger partial charge in [0.2, 0.25) is 0 Å². The molecule has 1 atom stereocenters. The molecule has 1 amide bonds. The van der Waals surface area contributed by atoms with E-state index >= 15 is 0 Å². The minimum absolute atomic E-state index is 0.0407. The Bertz CT molecular complexity index is 450. The van der Waals surface area contributed by atoms with Crippen molar-refractivity contribution in [2.75, 3.05) is 18.4 Å². The number of halogens is 1. The van der Waals surface area contributed by atoms with Gasteiger partial charge < -0.3 is 15.1 Å². The van der Waals surface area contributed by atoms with E-state index in [2.05, 4.69) is 15.9 Å². The molecule has 0 aliphatic carbocycles. The molecule has 1 fully saturated rings. The zero-order valence-electron chi connectivity index (χ0n) is 9.97. The average molecular weight is 314 g/mol. The molecule has 98 valence electrons. The molecule has 1 heterocycles. The number of carbonyl (C=O) groups excluding carboxylic acids is 1. The zero-order chi connectivity index (χ0) is 13.1. The Morgan fingerprint density at radius 2 is 2.22 bits per heavy atom. The van der Waals surface area contributed by atoms with Crippen LogP contribution < -0.4 is 0 Å². The number of amides is 1. The van der Waals surface area contributed by atoms with Crippen LogP contribution in [0.25, 0.3) is 0 Å². The monoisotopic (exact) mass is 313 g/mol. The minimum atomic E-state index is -0.168. The molecule has 4 nitrogen and oxygen atoms in total. The van der Waals surface area contributed by atoms with E-state index in [0.717, 1.165) is 24.7 Å². The van der Waals surface area contributed by atoms with Crippen molar-refractivity contribution >= 4 is 21.8 Å². The molecule has 0 spiro atoms. The Kier molecular flexibility index (Phi) is 4.11.